The van der Waals surface area contributed by atoms with Crippen LogP contribution >= 0.6 is 0 Å². The summed E-state index contributed by atoms with van der Waals surface area (Å²) in [6.07, 6.45) is 2.05. The Morgan fingerprint density at radius 1 is 1.38 bits per heavy atom. The third-order valence-corrected chi connectivity index (χ3v) is 4.79. The van der Waals surface area contributed by atoms with Gasteiger partial charge < -0.3 is 5.11 Å². The van der Waals surface area contributed by atoms with Gasteiger partial charge in [-0.3, -0.25) is 4.79 Å². The molecule has 1 unspecified atom stereocenters. The fraction of sp³-hybridized carbons (Fsp3) is 0.909. The molecule has 3 atom stereocenters. The second-order valence-electron chi connectivity index (χ2n) is 5.41. The van der Waals surface area contributed by atoms with Crippen molar-refractivity contribution in [2.24, 2.45) is 16.7 Å². The maximum Gasteiger partial charge on any atom is 0.167 e. The molecule has 0 aromatic heterocycles. The number of hydrogen-bond acceptors (Lipinski definition) is 2. The molecule has 0 aromatic carbocycles. The van der Waals surface area contributed by atoms with Crippen LogP contribution in [-0.2, 0) is 4.79 Å². The lowest BCUT2D eigenvalue weighted by molar-refractivity contribution is -0.149. The van der Waals surface area contributed by atoms with E-state index in [1.807, 2.05) is 6.92 Å². The van der Waals surface area contributed by atoms with E-state index in [9.17, 15) is 9.90 Å². The summed E-state index contributed by atoms with van der Waals surface area (Å²) in [6.45, 7) is 6.38. The Hall–Kier alpha value is -0.370. The molecule has 2 heteroatoms. The van der Waals surface area contributed by atoms with E-state index >= 15 is 0 Å². The fourth-order valence-corrected chi connectivity index (χ4v) is 3.19. The Labute approximate surface area is 79.3 Å². The smallest absolute Gasteiger partial charge is 0.167 e. The quantitative estimate of drug-likeness (QED) is 0.620. The van der Waals surface area contributed by atoms with Gasteiger partial charge in [0.15, 0.2) is 5.78 Å². The molecule has 2 nitrogen and oxygen atoms in total. The second-order valence-corrected chi connectivity index (χ2v) is 5.41. The van der Waals surface area contributed by atoms with Gasteiger partial charge in [0, 0.05) is 5.41 Å². The number of hydrogen-bond donors (Lipinski definition) is 1. The van der Waals surface area contributed by atoms with Crippen LogP contribution in [0.4, 0.5) is 0 Å². The zero-order chi connectivity index (χ0) is 9.85. The first kappa shape index (κ1) is 9.20. The molecule has 2 rings (SSSR count). The van der Waals surface area contributed by atoms with Crippen LogP contribution in [0.15, 0.2) is 0 Å². The molecule has 0 aliphatic heterocycles. The summed E-state index contributed by atoms with van der Waals surface area (Å²) < 4.78 is 0. The van der Waals surface area contributed by atoms with E-state index in [0.717, 1.165) is 12.8 Å². The summed E-state index contributed by atoms with van der Waals surface area (Å²) in [5, 5.41) is 9.61. The predicted molar refractivity (Wildman–Crippen MR) is 50.2 cm³/mol. The molecule has 2 bridgehead atoms. The van der Waals surface area contributed by atoms with Crippen LogP contribution in [-0.4, -0.2) is 17.0 Å². The summed E-state index contributed by atoms with van der Waals surface area (Å²) in [6, 6.07) is 0. The molecule has 2 saturated carbocycles. The maximum atomic E-state index is 11.9. The van der Waals surface area contributed by atoms with Crippen molar-refractivity contribution in [2.45, 2.75) is 46.1 Å². The summed E-state index contributed by atoms with van der Waals surface area (Å²) in [5.74, 6) is 0.608. The summed E-state index contributed by atoms with van der Waals surface area (Å²) >= 11 is 0. The van der Waals surface area contributed by atoms with Crippen LogP contribution in [0.3, 0.4) is 0 Å². The highest BCUT2D eigenvalue weighted by Crippen LogP contribution is 2.61. The maximum absolute atomic E-state index is 11.9. The summed E-state index contributed by atoms with van der Waals surface area (Å²) in [5.41, 5.74) is -0.182. The van der Waals surface area contributed by atoms with Gasteiger partial charge in [-0.1, -0.05) is 20.8 Å². The predicted octanol–water partition coefficient (Wildman–Crippen LogP) is 1.76. The third-order valence-electron chi connectivity index (χ3n) is 4.79. The van der Waals surface area contributed by atoms with Gasteiger partial charge in [0.2, 0.25) is 0 Å². The molecule has 2 aliphatic carbocycles. The highest BCUT2D eigenvalue weighted by atomic mass is 16.3. The monoisotopic (exact) mass is 182 g/mol. The minimum Gasteiger partial charge on any atom is -0.385 e. The van der Waals surface area contributed by atoms with Crippen LogP contribution in [0.2, 0.25) is 0 Å². The van der Waals surface area contributed by atoms with Crippen molar-refractivity contribution in [1.29, 1.82) is 0 Å². The Kier molecular flexibility index (Phi) is 1.66. The van der Waals surface area contributed by atoms with Crippen LogP contribution in [0.1, 0.15) is 40.0 Å². The molecule has 2 fully saturated rings. The average Bonchev–Trinajstić information content (AvgIpc) is 2.18. The molecule has 0 saturated heterocycles. The lowest BCUT2D eigenvalue weighted by Crippen LogP contribution is -2.50. The van der Waals surface area contributed by atoms with Gasteiger partial charge in [0.05, 0.1) is 0 Å². The van der Waals surface area contributed by atoms with Crippen LogP contribution < -0.4 is 0 Å². The van der Waals surface area contributed by atoms with Crippen molar-refractivity contribution in [3.05, 3.63) is 0 Å². The minimum atomic E-state index is -0.689. The van der Waals surface area contributed by atoms with Crippen molar-refractivity contribution in [3.63, 3.8) is 0 Å². The summed E-state index contributed by atoms with van der Waals surface area (Å²) in [4.78, 5) is 11.9. The van der Waals surface area contributed by atoms with E-state index in [2.05, 4.69) is 13.8 Å². The standard InChI is InChI=1S/C11H18O2/c1-10(2)7-4-5-11(10,3)9(13)8(12)6-7/h7-8,12H,4-6H2,1-3H3/t7-,8?,11+/m1/s1. The zero-order valence-corrected chi connectivity index (χ0v) is 8.63. The molecule has 2 aliphatic rings. The van der Waals surface area contributed by atoms with Gasteiger partial charge in [-0.05, 0) is 30.6 Å². The van der Waals surface area contributed by atoms with Crippen LogP contribution in [0.25, 0.3) is 0 Å². The molecule has 0 radical (unpaired) electrons. The normalized spacial score (nSPS) is 48.2. The van der Waals surface area contributed by atoms with Crippen LogP contribution in [0.5, 0.6) is 0 Å². The average molecular weight is 182 g/mol. The van der Waals surface area contributed by atoms with Crippen LogP contribution in [0, 0.1) is 16.7 Å². The van der Waals surface area contributed by atoms with Crippen molar-refractivity contribution in [3.8, 4) is 0 Å². The van der Waals surface area contributed by atoms with E-state index in [1.165, 1.54) is 0 Å². The first-order valence-electron chi connectivity index (χ1n) is 5.12. The molecule has 0 aromatic rings. The SMILES string of the molecule is CC1(C)[C@@H]2CC[C@@]1(C)C(=O)C(O)C2. The number of aliphatic hydroxyl groups excluding tert-OH is 1. The highest BCUT2D eigenvalue weighted by Gasteiger charge is 2.60. The number of aliphatic hydroxyl groups is 1. The topological polar surface area (TPSA) is 37.3 Å². The van der Waals surface area contributed by atoms with Gasteiger partial charge in [-0.15, -0.1) is 0 Å². The van der Waals surface area contributed by atoms with Crippen molar-refractivity contribution in [2.75, 3.05) is 0 Å². The number of ketones is 1. The second kappa shape index (κ2) is 2.35. The van der Waals surface area contributed by atoms with Gasteiger partial charge in [0.25, 0.3) is 0 Å². The molecule has 0 spiro atoms. The first-order valence-corrected chi connectivity index (χ1v) is 5.12. The molecular weight excluding hydrogens is 164 g/mol. The molecule has 74 valence electrons. The molecular formula is C11H18O2. The summed E-state index contributed by atoms with van der Waals surface area (Å²) in [7, 11) is 0. The van der Waals surface area contributed by atoms with E-state index in [4.69, 9.17) is 0 Å². The van der Waals surface area contributed by atoms with Gasteiger partial charge in [0.1, 0.15) is 6.10 Å². The van der Waals surface area contributed by atoms with Crippen molar-refractivity contribution < 1.29 is 9.90 Å². The third kappa shape index (κ3) is 0.899. The lowest BCUT2D eigenvalue weighted by atomic mass is 9.58. The van der Waals surface area contributed by atoms with E-state index < -0.39 is 6.10 Å². The number of rotatable bonds is 0. The molecule has 1 N–H and O–H groups in total. The number of carbonyl (C=O) groups is 1. The van der Waals surface area contributed by atoms with Crippen molar-refractivity contribution >= 4 is 5.78 Å². The Morgan fingerprint density at radius 3 is 2.62 bits per heavy atom. The number of carbonyl (C=O) groups excluding carboxylic acids is 1. The van der Waals surface area contributed by atoms with Crippen molar-refractivity contribution in [1.82, 2.24) is 0 Å². The Balaban J connectivity index is 2.44. The Bertz CT molecular complexity index is 257. The first-order chi connectivity index (χ1) is 5.89. The number of Topliss-reactive ketones (excluding diaryl/α,β-unsaturated/α-hetero) is 1. The van der Waals surface area contributed by atoms with Gasteiger partial charge in [-0.2, -0.15) is 0 Å². The zero-order valence-electron chi connectivity index (χ0n) is 8.63. The van der Waals surface area contributed by atoms with E-state index in [-0.39, 0.29) is 16.6 Å². The Morgan fingerprint density at radius 2 is 2.00 bits per heavy atom. The fourth-order valence-electron chi connectivity index (χ4n) is 3.19. The van der Waals surface area contributed by atoms with E-state index in [0.29, 0.717) is 12.3 Å². The minimum absolute atomic E-state index is 0.0752. The van der Waals surface area contributed by atoms with Gasteiger partial charge in [-0.25, -0.2) is 0 Å². The number of fused-ring (bicyclic) bond motifs is 2. The largest absolute Gasteiger partial charge is 0.385 e. The molecule has 13 heavy (non-hydrogen) atoms. The molecule has 0 heterocycles. The van der Waals surface area contributed by atoms with E-state index in [1.54, 1.807) is 0 Å². The highest BCUT2D eigenvalue weighted by molar-refractivity contribution is 5.90. The molecule has 0 amide bonds. The lowest BCUT2D eigenvalue weighted by Gasteiger charge is -2.46. The van der Waals surface area contributed by atoms with Gasteiger partial charge >= 0.3 is 0 Å².